The molecule has 1 N–H and O–H groups in total. The highest BCUT2D eigenvalue weighted by molar-refractivity contribution is 7.10. The van der Waals surface area contributed by atoms with Gasteiger partial charge in [0.05, 0.1) is 6.04 Å². The van der Waals surface area contributed by atoms with Gasteiger partial charge in [-0.3, -0.25) is 4.79 Å². The molecule has 120 valence electrons. The summed E-state index contributed by atoms with van der Waals surface area (Å²) in [5.74, 6) is 0.642. The van der Waals surface area contributed by atoms with E-state index in [1.54, 1.807) is 15.9 Å². The molecule has 0 spiro atoms. The minimum Gasteiger partial charge on any atom is -0.349 e. The smallest absolute Gasteiger partial charge is 0.252 e. The van der Waals surface area contributed by atoms with Crippen molar-refractivity contribution in [2.45, 2.75) is 39.7 Å². The number of carbonyl (C=O) groups is 1. The van der Waals surface area contributed by atoms with Crippen LogP contribution in [-0.4, -0.2) is 25.5 Å². The number of aryl methyl sites for hydroxylation is 2. The lowest BCUT2D eigenvalue weighted by atomic mass is 10.1. The SMILES string of the molecule is Cc1nc2ncnn2c(C)c1CCC(=O)NC(C)c1cccs1. The van der Waals surface area contributed by atoms with Gasteiger partial charge in [-0.15, -0.1) is 11.3 Å². The average molecular weight is 329 g/mol. The van der Waals surface area contributed by atoms with E-state index in [4.69, 9.17) is 0 Å². The summed E-state index contributed by atoms with van der Waals surface area (Å²) in [7, 11) is 0. The Labute approximate surface area is 138 Å². The lowest BCUT2D eigenvalue weighted by Crippen LogP contribution is -2.26. The fraction of sp³-hybridized carbons (Fsp3) is 0.375. The molecule has 3 heterocycles. The molecule has 0 bridgehead atoms. The van der Waals surface area contributed by atoms with Crippen LogP contribution in [0.2, 0.25) is 0 Å². The zero-order valence-corrected chi connectivity index (χ0v) is 14.2. The van der Waals surface area contributed by atoms with E-state index in [1.807, 2.05) is 38.3 Å². The van der Waals surface area contributed by atoms with Crippen LogP contribution in [0.25, 0.3) is 5.78 Å². The number of hydrogen-bond donors (Lipinski definition) is 1. The van der Waals surface area contributed by atoms with Crippen LogP contribution in [0.4, 0.5) is 0 Å². The quantitative estimate of drug-likeness (QED) is 0.781. The first-order chi connectivity index (χ1) is 11.1. The molecule has 0 aliphatic carbocycles. The predicted octanol–water partition coefficient (Wildman–Crippen LogP) is 2.61. The summed E-state index contributed by atoms with van der Waals surface area (Å²) >= 11 is 1.65. The van der Waals surface area contributed by atoms with Crippen LogP contribution in [0.15, 0.2) is 23.8 Å². The van der Waals surface area contributed by atoms with E-state index in [2.05, 4.69) is 20.4 Å². The molecule has 0 aliphatic rings. The van der Waals surface area contributed by atoms with E-state index >= 15 is 0 Å². The summed E-state index contributed by atoms with van der Waals surface area (Å²) in [6.45, 7) is 5.93. The van der Waals surface area contributed by atoms with Gasteiger partial charge in [0.1, 0.15) is 6.33 Å². The molecule has 23 heavy (non-hydrogen) atoms. The topological polar surface area (TPSA) is 72.2 Å². The molecule has 0 aromatic carbocycles. The van der Waals surface area contributed by atoms with Gasteiger partial charge in [-0.2, -0.15) is 10.1 Å². The van der Waals surface area contributed by atoms with Crippen molar-refractivity contribution in [3.63, 3.8) is 0 Å². The molecule has 1 unspecified atom stereocenters. The summed E-state index contributed by atoms with van der Waals surface area (Å²) in [4.78, 5) is 21.9. The third kappa shape index (κ3) is 3.24. The number of nitrogens with zero attached hydrogens (tertiary/aromatic N) is 4. The van der Waals surface area contributed by atoms with Crippen LogP contribution in [0, 0.1) is 13.8 Å². The number of rotatable bonds is 5. The Morgan fingerprint density at radius 1 is 1.43 bits per heavy atom. The first-order valence-electron chi connectivity index (χ1n) is 7.55. The van der Waals surface area contributed by atoms with Crippen LogP contribution in [-0.2, 0) is 11.2 Å². The minimum atomic E-state index is 0.0422. The molecule has 0 saturated carbocycles. The molecule has 6 nitrogen and oxygen atoms in total. The third-order valence-electron chi connectivity index (χ3n) is 3.94. The largest absolute Gasteiger partial charge is 0.349 e. The summed E-state index contributed by atoms with van der Waals surface area (Å²) in [6, 6.07) is 4.07. The second kappa shape index (κ2) is 6.45. The van der Waals surface area contributed by atoms with Crippen molar-refractivity contribution in [3.05, 3.63) is 45.7 Å². The molecule has 3 aromatic rings. The van der Waals surface area contributed by atoms with Gasteiger partial charge in [-0.05, 0) is 44.2 Å². The van der Waals surface area contributed by atoms with Gasteiger partial charge in [-0.1, -0.05) is 6.07 Å². The lowest BCUT2D eigenvalue weighted by Gasteiger charge is -2.13. The Morgan fingerprint density at radius 3 is 3.00 bits per heavy atom. The molecular weight excluding hydrogens is 310 g/mol. The number of nitrogens with one attached hydrogen (secondary N) is 1. The third-order valence-corrected chi connectivity index (χ3v) is 4.99. The summed E-state index contributed by atoms with van der Waals surface area (Å²) < 4.78 is 1.72. The molecule has 0 fully saturated rings. The number of carbonyl (C=O) groups excluding carboxylic acids is 1. The highest BCUT2D eigenvalue weighted by atomic mass is 32.1. The van der Waals surface area contributed by atoms with Crippen molar-refractivity contribution < 1.29 is 4.79 Å². The fourth-order valence-electron chi connectivity index (χ4n) is 2.68. The minimum absolute atomic E-state index is 0.0422. The van der Waals surface area contributed by atoms with Crippen LogP contribution in [0.1, 0.15) is 41.2 Å². The van der Waals surface area contributed by atoms with E-state index in [0.29, 0.717) is 18.6 Å². The Balaban J connectivity index is 1.67. The standard InChI is InChI=1S/C16H19N5OS/c1-10-13(12(3)21-16(20-10)17-9-18-21)6-7-15(22)19-11(2)14-5-4-8-23-14/h4-5,8-9,11H,6-7H2,1-3H3,(H,19,22). The van der Waals surface area contributed by atoms with Crippen LogP contribution in [0.3, 0.4) is 0 Å². The molecular formula is C16H19N5OS. The number of thiophene rings is 1. The zero-order valence-electron chi connectivity index (χ0n) is 13.4. The molecule has 7 heteroatoms. The Kier molecular flexibility index (Phi) is 4.38. The average Bonchev–Trinajstić information content (AvgIpc) is 3.18. The van der Waals surface area contributed by atoms with Gasteiger partial charge >= 0.3 is 0 Å². The highest BCUT2D eigenvalue weighted by Gasteiger charge is 2.14. The monoisotopic (exact) mass is 329 g/mol. The number of fused-ring (bicyclic) bond motifs is 1. The lowest BCUT2D eigenvalue weighted by molar-refractivity contribution is -0.121. The Bertz CT molecular complexity index is 824. The van der Waals surface area contributed by atoms with Gasteiger partial charge in [0.2, 0.25) is 5.91 Å². The highest BCUT2D eigenvalue weighted by Crippen LogP contribution is 2.19. The number of amides is 1. The van der Waals surface area contributed by atoms with Crippen LogP contribution < -0.4 is 5.32 Å². The summed E-state index contributed by atoms with van der Waals surface area (Å²) in [5, 5.41) is 9.23. The summed E-state index contributed by atoms with van der Waals surface area (Å²) in [5.41, 5.74) is 2.95. The molecule has 1 atom stereocenters. The zero-order chi connectivity index (χ0) is 16.4. The normalized spacial score (nSPS) is 12.5. The maximum absolute atomic E-state index is 12.2. The van der Waals surface area contributed by atoms with Gasteiger partial charge in [-0.25, -0.2) is 9.50 Å². The van der Waals surface area contributed by atoms with Crippen molar-refractivity contribution >= 4 is 23.0 Å². The molecule has 1 amide bonds. The van der Waals surface area contributed by atoms with E-state index in [0.717, 1.165) is 21.8 Å². The molecule has 0 aliphatic heterocycles. The molecule has 3 rings (SSSR count). The fourth-order valence-corrected chi connectivity index (χ4v) is 3.41. The van der Waals surface area contributed by atoms with E-state index in [1.165, 1.54) is 6.33 Å². The van der Waals surface area contributed by atoms with E-state index in [-0.39, 0.29) is 11.9 Å². The van der Waals surface area contributed by atoms with Crippen molar-refractivity contribution in [2.75, 3.05) is 0 Å². The Morgan fingerprint density at radius 2 is 2.26 bits per heavy atom. The molecule has 0 radical (unpaired) electrons. The van der Waals surface area contributed by atoms with Crippen LogP contribution >= 0.6 is 11.3 Å². The Hall–Kier alpha value is -2.28. The second-order valence-electron chi connectivity index (χ2n) is 5.54. The van der Waals surface area contributed by atoms with Crippen LogP contribution in [0.5, 0.6) is 0 Å². The number of hydrogen-bond acceptors (Lipinski definition) is 5. The van der Waals surface area contributed by atoms with Crippen molar-refractivity contribution in [1.82, 2.24) is 24.9 Å². The first kappa shape index (κ1) is 15.6. The molecule has 0 saturated heterocycles. The van der Waals surface area contributed by atoms with Crippen molar-refractivity contribution in [1.29, 1.82) is 0 Å². The maximum atomic E-state index is 12.2. The van der Waals surface area contributed by atoms with E-state index < -0.39 is 0 Å². The number of aromatic nitrogens is 4. The van der Waals surface area contributed by atoms with Gasteiger partial charge in [0.25, 0.3) is 5.78 Å². The van der Waals surface area contributed by atoms with Gasteiger partial charge < -0.3 is 5.32 Å². The maximum Gasteiger partial charge on any atom is 0.252 e. The summed E-state index contributed by atoms with van der Waals surface area (Å²) in [6.07, 6.45) is 2.57. The first-order valence-corrected chi connectivity index (χ1v) is 8.43. The van der Waals surface area contributed by atoms with Crippen molar-refractivity contribution in [2.24, 2.45) is 0 Å². The van der Waals surface area contributed by atoms with Gasteiger partial charge in [0.15, 0.2) is 0 Å². The van der Waals surface area contributed by atoms with E-state index in [9.17, 15) is 4.79 Å². The second-order valence-corrected chi connectivity index (χ2v) is 6.52. The van der Waals surface area contributed by atoms with Crippen molar-refractivity contribution in [3.8, 4) is 0 Å². The molecule has 3 aromatic heterocycles. The predicted molar refractivity (Wildman–Crippen MR) is 89.5 cm³/mol. The van der Waals surface area contributed by atoms with Gasteiger partial charge in [0, 0.05) is 22.7 Å².